The van der Waals surface area contributed by atoms with Gasteiger partial charge in [-0.25, -0.2) is 0 Å². The summed E-state index contributed by atoms with van der Waals surface area (Å²) >= 11 is 0. The molecule has 96 valence electrons. The van der Waals surface area contributed by atoms with Gasteiger partial charge in [0.2, 0.25) is 0 Å². The molecule has 2 atom stereocenters. The molecule has 1 aliphatic carbocycles. The highest BCUT2D eigenvalue weighted by Crippen LogP contribution is 2.40. The Bertz CT molecular complexity index is 301. The predicted molar refractivity (Wildman–Crippen MR) is 59.2 cm³/mol. The van der Waals surface area contributed by atoms with Crippen LogP contribution in [0.2, 0.25) is 0 Å². The molecule has 0 saturated heterocycles. The highest BCUT2D eigenvalue weighted by molar-refractivity contribution is 5.81. The Morgan fingerprint density at radius 3 is 2.65 bits per heavy atom. The highest BCUT2D eigenvalue weighted by Gasteiger charge is 2.43. The molecule has 4 heteroatoms. The van der Waals surface area contributed by atoms with E-state index in [1.54, 1.807) is 0 Å². The zero-order chi connectivity index (χ0) is 12.9. The first-order valence-corrected chi connectivity index (χ1v) is 5.98. The SMILES string of the molecule is C#CCCCC(=O)C1CCCC(C(F)(F)F)C1. The van der Waals surface area contributed by atoms with Crippen LogP contribution in [0.15, 0.2) is 0 Å². The molecule has 1 fully saturated rings. The van der Waals surface area contributed by atoms with Crippen molar-refractivity contribution in [2.75, 3.05) is 0 Å². The molecule has 0 aliphatic heterocycles. The van der Waals surface area contributed by atoms with E-state index < -0.39 is 18.0 Å². The van der Waals surface area contributed by atoms with E-state index >= 15 is 0 Å². The molecule has 0 heterocycles. The van der Waals surface area contributed by atoms with Gasteiger partial charge in [-0.3, -0.25) is 4.79 Å². The first-order chi connectivity index (χ1) is 7.95. The van der Waals surface area contributed by atoms with E-state index in [0.717, 1.165) is 0 Å². The van der Waals surface area contributed by atoms with E-state index in [4.69, 9.17) is 6.42 Å². The van der Waals surface area contributed by atoms with E-state index in [1.165, 1.54) is 0 Å². The maximum atomic E-state index is 12.5. The molecule has 1 rings (SSSR count). The van der Waals surface area contributed by atoms with Crippen molar-refractivity contribution in [3.63, 3.8) is 0 Å². The van der Waals surface area contributed by atoms with Gasteiger partial charge in [0.1, 0.15) is 5.78 Å². The van der Waals surface area contributed by atoms with Crippen LogP contribution >= 0.6 is 0 Å². The van der Waals surface area contributed by atoms with Crippen LogP contribution in [0.4, 0.5) is 13.2 Å². The molecule has 0 aromatic carbocycles. The second-order valence-electron chi connectivity index (χ2n) is 4.63. The van der Waals surface area contributed by atoms with E-state index in [2.05, 4.69) is 5.92 Å². The Morgan fingerprint density at radius 1 is 1.35 bits per heavy atom. The fourth-order valence-electron chi connectivity index (χ4n) is 2.35. The van der Waals surface area contributed by atoms with E-state index in [-0.39, 0.29) is 18.6 Å². The Hall–Kier alpha value is -0.980. The van der Waals surface area contributed by atoms with Gasteiger partial charge in [-0.1, -0.05) is 6.42 Å². The number of alkyl halides is 3. The summed E-state index contributed by atoms with van der Waals surface area (Å²) in [7, 11) is 0. The summed E-state index contributed by atoms with van der Waals surface area (Å²) in [4.78, 5) is 11.7. The molecule has 1 saturated carbocycles. The highest BCUT2D eigenvalue weighted by atomic mass is 19.4. The summed E-state index contributed by atoms with van der Waals surface area (Å²) in [5.41, 5.74) is 0. The van der Waals surface area contributed by atoms with E-state index in [1.807, 2.05) is 0 Å². The number of hydrogen-bond donors (Lipinski definition) is 0. The van der Waals surface area contributed by atoms with E-state index in [9.17, 15) is 18.0 Å². The summed E-state index contributed by atoms with van der Waals surface area (Å²) in [5.74, 6) is 0.677. The number of carbonyl (C=O) groups excluding carboxylic acids is 1. The van der Waals surface area contributed by atoms with Crippen molar-refractivity contribution >= 4 is 5.78 Å². The van der Waals surface area contributed by atoms with Gasteiger partial charge in [-0.2, -0.15) is 13.2 Å². The Labute approximate surface area is 99.8 Å². The standard InChI is InChI=1S/C13H17F3O/c1-2-3-4-8-12(17)10-6-5-7-11(9-10)13(14,15)16/h1,10-11H,3-9H2. The smallest absolute Gasteiger partial charge is 0.299 e. The van der Waals surface area contributed by atoms with Crippen molar-refractivity contribution in [1.82, 2.24) is 0 Å². The fourth-order valence-corrected chi connectivity index (χ4v) is 2.35. The lowest BCUT2D eigenvalue weighted by Gasteiger charge is -2.29. The van der Waals surface area contributed by atoms with Gasteiger partial charge in [0.05, 0.1) is 5.92 Å². The van der Waals surface area contributed by atoms with Crippen LogP contribution in [0, 0.1) is 24.2 Å². The maximum Gasteiger partial charge on any atom is 0.391 e. The topological polar surface area (TPSA) is 17.1 Å². The lowest BCUT2D eigenvalue weighted by molar-refractivity contribution is -0.186. The molecule has 1 nitrogen and oxygen atoms in total. The van der Waals surface area contributed by atoms with Crippen LogP contribution in [-0.4, -0.2) is 12.0 Å². The number of terminal acetylenes is 1. The molecular weight excluding hydrogens is 229 g/mol. The van der Waals surface area contributed by atoms with Crippen LogP contribution in [0.3, 0.4) is 0 Å². The zero-order valence-electron chi connectivity index (χ0n) is 9.72. The van der Waals surface area contributed by atoms with Crippen LogP contribution in [-0.2, 0) is 4.79 Å². The van der Waals surface area contributed by atoms with Crippen molar-refractivity contribution in [1.29, 1.82) is 0 Å². The second-order valence-corrected chi connectivity index (χ2v) is 4.63. The summed E-state index contributed by atoms with van der Waals surface area (Å²) in [6, 6.07) is 0. The van der Waals surface area contributed by atoms with Crippen molar-refractivity contribution in [3.05, 3.63) is 0 Å². The van der Waals surface area contributed by atoms with Crippen molar-refractivity contribution < 1.29 is 18.0 Å². The fraction of sp³-hybridized carbons (Fsp3) is 0.769. The largest absolute Gasteiger partial charge is 0.391 e. The number of rotatable bonds is 4. The normalized spacial score (nSPS) is 25.3. The van der Waals surface area contributed by atoms with Gasteiger partial charge in [-0.15, -0.1) is 12.3 Å². The first-order valence-electron chi connectivity index (χ1n) is 5.98. The van der Waals surface area contributed by atoms with Crippen LogP contribution in [0.5, 0.6) is 0 Å². The Kier molecular flexibility index (Phi) is 5.04. The first kappa shape index (κ1) is 14.1. The molecule has 17 heavy (non-hydrogen) atoms. The van der Waals surface area contributed by atoms with Gasteiger partial charge in [0, 0.05) is 18.8 Å². The summed E-state index contributed by atoms with van der Waals surface area (Å²) in [6.07, 6.45) is 3.56. The van der Waals surface area contributed by atoms with Crippen molar-refractivity contribution in [2.45, 2.75) is 51.1 Å². The maximum absolute atomic E-state index is 12.5. The minimum atomic E-state index is -4.15. The van der Waals surface area contributed by atoms with Crippen molar-refractivity contribution in [3.8, 4) is 12.3 Å². The second kappa shape index (κ2) is 6.09. The Morgan fingerprint density at radius 2 is 2.06 bits per heavy atom. The Balaban J connectivity index is 2.44. The third-order valence-electron chi connectivity index (χ3n) is 3.34. The van der Waals surface area contributed by atoms with Gasteiger partial charge < -0.3 is 0 Å². The zero-order valence-corrected chi connectivity index (χ0v) is 9.72. The van der Waals surface area contributed by atoms with Gasteiger partial charge in [-0.05, 0) is 25.7 Å². The number of halogens is 3. The molecule has 0 spiro atoms. The van der Waals surface area contributed by atoms with Gasteiger partial charge in [0.15, 0.2) is 0 Å². The van der Waals surface area contributed by atoms with Crippen molar-refractivity contribution in [2.24, 2.45) is 11.8 Å². The summed E-state index contributed by atoms with van der Waals surface area (Å²) in [5, 5.41) is 0. The third-order valence-corrected chi connectivity index (χ3v) is 3.34. The molecular formula is C13H17F3O. The molecule has 0 radical (unpaired) electrons. The van der Waals surface area contributed by atoms with Crippen LogP contribution in [0.25, 0.3) is 0 Å². The lowest BCUT2D eigenvalue weighted by Crippen LogP contribution is -2.31. The number of hydrogen-bond acceptors (Lipinski definition) is 1. The molecule has 2 unspecified atom stereocenters. The molecule has 0 aromatic heterocycles. The number of Topliss-reactive ketones (excluding diaryl/α,β-unsaturated/α-hetero) is 1. The average Bonchev–Trinajstić information content (AvgIpc) is 2.28. The van der Waals surface area contributed by atoms with Crippen LogP contribution < -0.4 is 0 Å². The van der Waals surface area contributed by atoms with Gasteiger partial charge in [0.25, 0.3) is 0 Å². The number of unbranched alkanes of at least 4 members (excludes halogenated alkanes) is 1. The quantitative estimate of drug-likeness (QED) is 0.545. The molecule has 0 aromatic rings. The number of carbonyl (C=O) groups is 1. The summed E-state index contributed by atoms with van der Waals surface area (Å²) in [6.45, 7) is 0. The lowest BCUT2D eigenvalue weighted by atomic mass is 9.78. The molecule has 0 amide bonds. The molecule has 0 bridgehead atoms. The minimum absolute atomic E-state index is 0.0294. The molecule has 1 aliphatic rings. The predicted octanol–water partition coefficient (Wildman–Crippen LogP) is 3.73. The minimum Gasteiger partial charge on any atom is -0.299 e. The average molecular weight is 246 g/mol. The molecule has 0 N–H and O–H groups in total. The third kappa shape index (κ3) is 4.41. The summed E-state index contributed by atoms with van der Waals surface area (Å²) < 4.78 is 37.6. The van der Waals surface area contributed by atoms with Crippen LogP contribution in [0.1, 0.15) is 44.9 Å². The number of ketones is 1. The van der Waals surface area contributed by atoms with Gasteiger partial charge >= 0.3 is 6.18 Å². The monoisotopic (exact) mass is 246 g/mol. The van der Waals surface area contributed by atoms with E-state index in [0.29, 0.717) is 32.1 Å².